The second-order valence-corrected chi connectivity index (χ2v) is 9.09. The summed E-state index contributed by atoms with van der Waals surface area (Å²) in [6.45, 7) is 9.24. The van der Waals surface area contributed by atoms with Gasteiger partial charge in [0.25, 0.3) is 0 Å². The molecule has 4 heteroatoms. The molecular formula is C17H27NO2S. The maximum absolute atomic E-state index is 12.6. The molecule has 1 unspecified atom stereocenters. The standard InChI is InChI=1S/C17H27NO2S/c1-5-18-16(13-6-7-13)12-21(19,20)15-10-8-14(9-11-15)17(2,3)4/h8-11,13,16,18H,5-7,12H2,1-4H3. The fraction of sp³-hybridized carbons (Fsp3) is 0.647. The lowest BCUT2D eigenvalue weighted by Crippen LogP contribution is -2.37. The number of sulfone groups is 1. The van der Waals surface area contributed by atoms with Crippen molar-refractivity contribution >= 4 is 9.84 Å². The van der Waals surface area contributed by atoms with Crippen LogP contribution in [0.15, 0.2) is 29.2 Å². The summed E-state index contributed by atoms with van der Waals surface area (Å²) in [4.78, 5) is 0.444. The summed E-state index contributed by atoms with van der Waals surface area (Å²) in [7, 11) is -3.21. The highest BCUT2D eigenvalue weighted by molar-refractivity contribution is 7.91. The number of rotatable bonds is 6. The SMILES string of the molecule is CCNC(CS(=O)(=O)c1ccc(C(C)(C)C)cc1)C1CC1. The van der Waals surface area contributed by atoms with E-state index in [0.717, 1.165) is 24.9 Å². The molecule has 0 heterocycles. The molecular weight excluding hydrogens is 282 g/mol. The number of benzene rings is 1. The fourth-order valence-electron chi connectivity index (χ4n) is 2.62. The van der Waals surface area contributed by atoms with Gasteiger partial charge in [0.2, 0.25) is 0 Å². The maximum Gasteiger partial charge on any atom is 0.179 e. The van der Waals surface area contributed by atoms with Gasteiger partial charge in [-0.1, -0.05) is 39.8 Å². The lowest BCUT2D eigenvalue weighted by molar-refractivity contribution is 0.502. The van der Waals surface area contributed by atoms with Crippen LogP contribution in [0.25, 0.3) is 0 Å². The molecule has 1 fully saturated rings. The molecule has 0 saturated heterocycles. The van der Waals surface area contributed by atoms with Crippen LogP contribution in [0.3, 0.4) is 0 Å². The zero-order chi connectivity index (χ0) is 15.7. The highest BCUT2D eigenvalue weighted by Gasteiger charge is 2.34. The van der Waals surface area contributed by atoms with Crippen molar-refractivity contribution in [2.75, 3.05) is 12.3 Å². The molecule has 3 nitrogen and oxygen atoms in total. The molecule has 118 valence electrons. The van der Waals surface area contributed by atoms with Crippen LogP contribution >= 0.6 is 0 Å². The number of hydrogen-bond donors (Lipinski definition) is 1. The van der Waals surface area contributed by atoms with Crippen LogP contribution in [0, 0.1) is 5.92 Å². The van der Waals surface area contributed by atoms with E-state index in [1.165, 1.54) is 0 Å². The minimum atomic E-state index is -3.21. The molecule has 0 aromatic heterocycles. The number of hydrogen-bond acceptors (Lipinski definition) is 3. The normalized spacial score (nSPS) is 17.7. The van der Waals surface area contributed by atoms with E-state index in [4.69, 9.17) is 0 Å². The third-order valence-electron chi connectivity index (χ3n) is 4.14. The van der Waals surface area contributed by atoms with Gasteiger partial charge < -0.3 is 5.32 Å². The second kappa shape index (κ2) is 6.09. The summed E-state index contributed by atoms with van der Waals surface area (Å²) in [5.41, 5.74) is 1.20. The molecule has 1 atom stereocenters. The van der Waals surface area contributed by atoms with Gasteiger partial charge in [0, 0.05) is 6.04 Å². The summed E-state index contributed by atoms with van der Waals surface area (Å²) >= 11 is 0. The zero-order valence-corrected chi connectivity index (χ0v) is 14.3. The predicted octanol–water partition coefficient (Wildman–Crippen LogP) is 3.15. The van der Waals surface area contributed by atoms with Gasteiger partial charge in [-0.15, -0.1) is 0 Å². The summed E-state index contributed by atoms with van der Waals surface area (Å²) in [6, 6.07) is 7.48. The van der Waals surface area contributed by atoms with Gasteiger partial charge in [0.05, 0.1) is 10.6 Å². The Bertz CT molecular complexity index is 566. The molecule has 0 bridgehead atoms. The number of nitrogens with one attached hydrogen (secondary N) is 1. The molecule has 0 amide bonds. The average molecular weight is 309 g/mol. The zero-order valence-electron chi connectivity index (χ0n) is 13.5. The lowest BCUT2D eigenvalue weighted by Gasteiger charge is -2.20. The monoisotopic (exact) mass is 309 g/mol. The molecule has 1 aromatic rings. The van der Waals surface area contributed by atoms with Crippen LogP contribution in [-0.4, -0.2) is 26.8 Å². The Morgan fingerprint density at radius 2 is 1.76 bits per heavy atom. The topological polar surface area (TPSA) is 46.2 Å². The van der Waals surface area contributed by atoms with E-state index in [9.17, 15) is 8.42 Å². The summed E-state index contributed by atoms with van der Waals surface area (Å²) in [6.07, 6.45) is 2.30. The molecule has 1 aliphatic rings. The molecule has 0 radical (unpaired) electrons. The van der Waals surface area contributed by atoms with E-state index < -0.39 is 9.84 Å². The van der Waals surface area contributed by atoms with Crippen LogP contribution in [0.5, 0.6) is 0 Å². The quantitative estimate of drug-likeness (QED) is 0.878. The molecule has 1 aliphatic carbocycles. The first kappa shape index (κ1) is 16.5. The van der Waals surface area contributed by atoms with Crippen molar-refractivity contribution in [1.29, 1.82) is 0 Å². The fourth-order valence-corrected chi connectivity index (χ4v) is 4.22. The van der Waals surface area contributed by atoms with Crippen LogP contribution < -0.4 is 5.32 Å². The summed E-state index contributed by atoms with van der Waals surface area (Å²) in [5, 5.41) is 3.33. The van der Waals surface area contributed by atoms with E-state index in [0.29, 0.717) is 10.8 Å². The van der Waals surface area contributed by atoms with Crippen LogP contribution in [0.4, 0.5) is 0 Å². The Hall–Kier alpha value is -0.870. The minimum Gasteiger partial charge on any atom is -0.313 e. The van der Waals surface area contributed by atoms with E-state index in [1.54, 1.807) is 12.1 Å². The van der Waals surface area contributed by atoms with Crippen molar-refractivity contribution in [2.45, 2.75) is 56.9 Å². The van der Waals surface area contributed by atoms with Crippen LogP contribution in [0.2, 0.25) is 0 Å². The Labute approximate surface area is 129 Å². The molecule has 2 rings (SSSR count). The highest BCUT2D eigenvalue weighted by atomic mass is 32.2. The molecule has 1 saturated carbocycles. The first-order valence-electron chi connectivity index (χ1n) is 7.80. The smallest absolute Gasteiger partial charge is 0.179 e. The van der Waals surface area contributed by atoms with Crippen LogP contribution in [0.1, 0.15) is 46.1 Å². The first-order chi connectivity index (χ1) is 9.74. The lowest BCUT2D eigenvalue weighted by atomic mass is 9.87. The van der Waals surface area contributed by atoms with E-state index in [1.807, 2.05) is 19.1 Å². The van der Waals surface area contributed by atoms with Crippen molar-refractivity contribution in [3.05, 3.63) is 29.8 Å². The van der Waals surface area contributed by atoms with Crippen molar-refractivity contribution in [3.63, 3.8) is 0 Å². The highest BCUT2D eigenvalue weighted by Crippen LogP contribution is 2.34. The third kappa shape index (κ3) is 4.30. The van der Waals surface area contributed by atoms with Gasteiger partial charge in [-0.25, -0.2) is 8.42 Å². The molecule has 0 aliphatic heterocycles. The Morgan fingerprint density at radius 3 is 2.19 bits per heavy atom. The summed E-state index contributed by atoms with van der Waals surface area (Å²) in [5.74, 6) is 0.744. The van der Waals surface area contributed by atoms with Gasteiger partial charge in [-0.05, 0) is 48.4 Å². The van der Waals surface area contributed by atoms with E-state index in [-0.39, 0.29) is 17.2 Å². The average Bonchev–Trinajstić information content (AvgIpc) is 3.21. The second-order valence-electron chi connectivity index (χ2n) is 7.06. The van der Waals surface area contributed by atoms with Gasteiger partial charge in [-0.2, -0.15) is 0 Å². The molecule has 21 heavy (non-hydrogen) atoms. The van der Waals surface area contributed by atoms with Gasteiger partial charge in [0.15, 0.2) is 9.84 Å². The Kier molecular flexibility index (Phi) is 4.79. The van der Waals surface area contributed by atoms with Crippen molar-refractivity contribution < 1.29 is 8.42 Å². The molecule has 0 spiro atoms. The van der Waals surface area contributed by atoms with Crippen molar-refractivity contribution in [3.8, 4) is 0 Å². The maximum atomic E-state index is 12.6. The van der Waals surface area contributed by atoms with Crippen molar-refractivity contribution in [1.82, 2.24) is 5.32 Å². The minimum absolute atomic E-state index is 0.0443. The molecule has 1 N–H and O–H groups in total. The summed E-state index contributed by atoms with van der Waals surface area (Å²) < 4.78 is 25.1. The Morgan fingerprint density at radius 1 is 1.19 bits per heavy atom. The van der Waals surface area contributed by atoms with E-state index >= 15 is 0 Å². The van der Waals surface area contributed by atoms with E-state index in [2.05, 4.69) is 26.1 Å². The van der Waals surface area contributed by atoms with Crippen LogP contribution in [-0.2, 0) is 15.3 Å². The first-order valence-corrected chi connectivity index (χ1v) is 9.46. The third-order valence-corrected chi connectivity index (χ3v) is 5.92. The van der Waals surface area contributed by atoms with Gasteiger partial charge >= 0.3 is 0 Å². The molecule has 1 aromatic carbocycles. The van der Waals surface area contributed by atoms with Gasteiger partial charge in [0.1, 0.15) is 0 Å². The van der Waals surface area contributed by atoms with Crippen molar-refractivity contribution in [2.24, 2.45) is 5.92 Å². The largest absolute Gasteiger partial charge is 0.313 e. The Balaban J connectivity index is 2.15. The van der Waals surface area contributed by atoms with Gasteiger partial charge in [-0.3, -0.25) is 0 Å². The predicted molar refractivity (Wildman–Crippen MR) is 87.4 cm³/mol.